The molecule has 1 heterocycles. The van der Waals surface area contributed by atoms with Gasteiger partial charge in [-0.15, -0.1) is 0 Å². The Balaban J connectivity index is 2.27. The fourth-order valence-electron chi connectivity index (χ4n) is 4.59. The van der Waals surface area contributed by atoms with Gasteiger partial charge in [-0.3, -0.25) is 4.79 Å². The predicted octanol–water partition coefficient (Wildman–Crippen LogP) is 4.27. The number of Topliss-reactive ketones (excluding diaryl/α,β-unsaturated/α-hetero) is 1. The van der Waals surface area contributed by atoms with E-state index in [0.717, 1.165) is 5.70 Å². The number of esters is 1. The van der Waals surface area contributed by atoms with Gasteiger partial charge in [-0.1, -0.05) is 13.8 Å². The van der Waals surface area contributed by atoms with E-state index in [4.69, 9.17) is 18.9 Å². The zero-order valence-corrected chi connectivity index (χ0v) is 20.2. The Morgan fingerprint density at radius 3 is 2.16 bits per heavy atom. The van der Waals surface area contributed by atoms with E-state index in [0.29, 0.717) is 52.5 Å². The van der Waals surface area contributed by atoms with Crippen molar-refractivity contribution in [1.82, 2.24) is 5.32 Å². The first-order valence-corrected chi connectivity index (χ1v) is 10.8. The van der Waals surface area contributed by atoms with E-state index in [1.807, 2.05) is 6.92 Å². The predicted molar refractivity (Wildman–Crippen MR) is 121 cm³/mol. The maximum absolute atomic E-state index is 13.4. The van der Waals surface area contributed by atoms with Crippen LogP contribution in [0.1, 0.15) is 58.9 Å². The molecule has 1 aromatic rings. The topological polar surface area (TPSA) is 83.1 Å². The summed E-state index contributed by atoms with van der Waals surface area (Å²) in [4.78, 5) is 26.6. The molecule has 0 radical (unpaired) electrons. The number of ether oxygens (including phenoxy) is 4. The summed E-state index contributed by atoms with van der Waals surface area (Å²) in [7, 11) is 4.61. The lowest BCUT2D eigenvalue weighted by molar-refractivity contribution is -0.143. The third-order valence-electron chi connectivity index (χ3n) is 5.82. The smallest absolute Gasteiger partial charge is 0.337 e. The molecule has 32 heavy (non-hydrogen) atoms. The van der Waals surface area contributed by atoms with Crippen molar-refractivity contribution in [3.63, 3.8) is 0 Å². The zero-order valence-electron chi connectivity index (χ0n) is 20.2. The van der Waals surface area contributed by atoms with Gasteiger partial charge in [-0.05, 0) is 50.3 Å². The number of rotatable bonds is 6. The van der Waals surface area contributed by atoms with E-state index in [9.17, 15) is 9.59 Å². The SMILES string of the molecule is COc1cc(C2C(C(=O)OC(C)C)=C(C)NC3=C2C(=O)CC(C)(C)C3)cc(OC)c1OC. The average Bonchev–Trinajstić information content (AvgIpc) is 2.69. The average molecular weight is 444 g/mol. The van der Waals surface area contributed by atoms with E-state index < -0.39 is 11.9 Å². The van der Waals surface area contributed by atoms with Gasteiger partial charge in [0.2, 0.25) is 5.75 Å². The lowest BCUT2D eigenvalue weighted by Crippen LogP contribution is -2.39. The molecule has 7 heteroatoms. The van der Waals surface area contributed by atoms with Crippen LogP contribution < -0.4 is 19.5 Å². The summed E-state index contributed by atoms with van der Waals surface area (Å²) in [6.07, 6.45) is 0.818. The molecule has 0 bridgehead atoms. The summed E-state index contributed by atoms with van der Waals surface area (Å²) in [6.45, 7) is 9.60. The molecule has 1 aliphatic carbocycles. The second-order valence-electron chi connectivity index (χ2n) is 9.34. The van der Waals surface area contributed by atoms with Crippen LogP contribution >= 0.6 is 0 Å². The Morgan fingerprint density at radius 2 is 1.66 bits per heavy atom. The number of nitrogens with one attached hydrogen (secondary N) is 1. The van der Waals surface area contributed by atoms with E-state index in [-0.39, 0.29) is 17.3 Å². The Morgan fingerprint density at radius 1 is 1.06 bits per heavy atom. The standard InChI is InChI=1S/C25H33NO6/c1-13(2)32-24(28)20-14(3)26-16-11-25(4,5)12-17(27)22(16)21(20)15-9-18(29-6)23(31-8)19(10-15)30-7/h9-10,13,21,26H,11-12H2,1-8H3. The molecular weight excluding hydrogens is 410 g/mol. The van der Waals surface area contributed by atoms with Gasteiger partial charge in [-0.25, -0.2) is 4.79 Å². The van der Waals surface area contributed by atoms with Crippen LogP contribution in [0.2, 0.25) is 0 Å². The summed E-state index contributed by atoms with van der Waals surface area (Å²) in [5.41, 5.74) is 3.08. The molecule has 0 saturated carbocycles. The normalized spacial score (nSPS) is 20.0. The van der Waals surface area contributed by atoms with Crippen molar-refractivity contribution in [2.24, 2.45) is 5.41 Å². The van der Waals surface area contributed by atoms with E-state index in [2.05, 4.69) is 19.2 Å². The minimum absolute atomic E-state index is 0.0184. The second-order valence-corrected chi connectivity index (χ2v) is 9.34. The van der Waals surface area contributed by atoms with Gasteiger partial charge in [0.25, 0.3) is 0 Å². The summed E-state index contributed by atoms with van der Waals surface area (Å²) >= 11 is 0. The first-order valence-electron chi connectivity index (χ1n) is 10.8. The Labute approximate surface area is 189 Å². The molecule has 174 valence electrons. The van der Waals surface area contributed by atoms with Gasteiger partial charge < -0.3 is 24.3 Å². The number of carbonyl (C=O) groups is 2. The van der Waals surface area contributed by atoms with Crippen LogP contribution in [0.3, 0.4) is 0 Å². The molecule has 1 atom stereocenters. The fourth-order valence-corrected chi connectivity index (χ4v) is 4.59. The van der Waals surface area contributed by atoms with Crippen LogP contribution in [0.25, 0.3) is 0 Å². The van der Waals surface area contributed by atoms with Crippen LogP contribution in [-0.4, -0.2) is 39.2 Å². The lowest BCUT2D eigenvalue weighted by Gasteiger charge is -2.39. The van der Waals surface area contributed by atoms with E-state index >= 15 is 0 Å². The van der Waals surface area contributed by atoms with Crippen molar-refractivity contribution in [2.75, 3.05) is 21.3 Å². The number of allylic oxidation sites excluding steroid dienone is 3. The van der Waals surface area contributed by atoms with Crippen LogP contribution in [0.4, 0.5) is 0 Å². The Hall–Kier alpha value is -2.96. The molecular formula is C25H33NO6. The molecule has 0 saturated heterocycles. The lowest BCUT2D eigenvalue weighted by atomic mass is 9.68. The van der Waals surface area contributed by atoms with Gasteiger partial charge in [0, 0.05) is 29.3 Å². The fraction of sp³-hybridized carbons (Fsp3) is 0.520. The molecule has 1 unspecified atom stereocenters. The third-order valence-corrected chi connectivity index (χ3v) is 5.82. The molecule has 1 aliphatic heterocycles. The van der Waals surface area contributed by atoms with Gasteiger partial charge in [0.15, 0.2) is 17.3 Å². The van der Waals surface area contributed by atoms with Crippen molar-refractivity contribution in [1.29, 1.82) is 0 Å². The van der Waals surface area contributed by atoms with Crippen LogP contribution in [0, 0.1) is 5.41 Å². The van der Waals surface area contributed by atoms with Gasteiger partial charge >= 0.3 is 5.97 Å². The number of ketones is 1. The van der Waals surface area contributed by atoms with Crippen molar-refractivity contribution < 1.29 is 28.5 Å². The molecule has 0 spiro atoms. The molecule has 1 N–H and O–H groups in total. The molecule has 2 aliphatic rings. The molecule has 0 fully saturated rings. The zero-order chi connectivity index (χ0) is 23.8. The van der Waals surface area contributed by atoms with Gasteiger partial charge in [0.05, 0.1) is 33.0 Å². The molecule has 1 aromatic carbocycles. The second kappa shape index (κ2) is 8.88. The molecule has 7 nitrogen and oxygen atoms in total. The maximum atomic E-state index is 13.4. The van der Waals surface area contributed by atoms with E-state index in [1.165, 1.54) is 21.3 Å². The van der Waals surface area contributed by atoms with Gasteiger partial charge in [-0.2, -0.15) is 0 Å². The number of dihydropyridines is 1. The highest BCUT2D eigenvalue weighted by Gasteiger charge is 2.43. The van der Waals surface area contributed by atoms with Crippen molar-refractivity contribution in [2.45, 2.75) is 59.5 Å². The molecule has 0 aromatic heterocycles. The van der Waals surface area contributed by atoms with Crippen LogP contribution in [-0.2, 0) is 14.3 Å². The molecule has 3 rings (SSSR count). The summed E-state index contributed by atoms with van der Waals surface area (Å²) in [6, 6.07) is 3.59. The number of hydrogen-bond acceptors (Lipinski definition) is 7. The number of methoxy groups -OCH3 is 3. The number of benzene rings is 1. The van der Waals surface area contributed by atoms with Crippen LogP contribution in [0.15, 0.2) is 34.7 Å². The van der Waals surface area contributed by atoms with Crippen molar-refractivity contribution in [3.05, 3.63) is 40.2 Å². The third kappa shape index (κ3) is 4.33. The van der Waals surface area contributed by atoms with Crippen LogP contribution in [0.5, 0.6) is 17.2 Å². The summed E-state index contributed by atoms with van der Waals surface area (Å²) < 4.78 is 22.1. The minimum Gasteiger partial charge on any atom is -0.493 e. The maximum Gasteiger partial charge on any atom is 0.337 e. The van der Waals surface area contributed by atoms with Crippen molar-refractivity contribution in [3.8, 4) is 17.2 Å². The Kier molecular flexibility index (Phi) is 6.58. The highest BCUT2D eigenvalue weighted by molar-refractivity contribution is 6.04. The number of carbonyl (C=O) groups excluding carboxylic acids is 2. The monoisotopic (exact) mass is 443 g/mol. The first kappa shape index (κ1) is 23.7. The quantitative estimate of drug-likeness (QED) is 0.658. The Bertz CT molecular complexity index is 977. The van der Waals surface area contributed by atoms with Gasteiger partial charge in [0.1, 0.15) is 0 Å². The largest absolute Gasteiger partial charge is 0.493 e. The first-order chi connectivity index (χ1) is 15.0. The minimum atomic E-state index is -0.602. The highest BCUT2D eigenvalue weighted by atomic mass is 16.5. The summed E-state index contributed by atoms with van der Waals surface area (Å²) in [5.74, 6) is 0.332. The van der Waals surface area contributed by atoms with E-state index in [1.54, 1.807) is 26.0 Å². The molecule has 0 amide bonds. The highest BCUT2D eigenvalue weighted by Crippen LogP contribution is 2.49. The number of hydrogen-bond donors (Lipinski definition) is 1. The van der Waals surface area contributed by atoms with Crippen molar-refractivity contribution >= 4 is 11.8 Å². The summed E-state index contributed by atoms with van der Waals surface area (Å²) in [5, 5.41) is 3.34.